The van der Waals surface area contributed by atoms with E-state index in [-0.39, 0.29) is 39.5 Å². The Morgan fingerprint density at radius 1 is 0.838 bits per heavy atom. The summed E-state index contributed by atoms with van der Waals surface area (Å²) in [6.07, 6.45) is 11.6. The summed E-state index contributed by atoms with van der Waals surface area (Å²) < 4.78 is 5.88. The summed E-state index contributed by atoms with van der Waals surface area (Å²) in [5.74, 6) is 1.03. The van der Waals surface area contributed by atoms with Gasteiger partial charge >= 0.3 is 11.9 Å². The number of rotatable bonds is 4. The average molecular weight is 517 g/mol. The topological polar surface area (TPSA) is 83.8 Å². The van der Waals surface area contributed by atoms with Crippen molar-refractivity contribution in [1.29, 1.82) is 0 Å². The highest BCUT2D eigenvalue weighted by Gasteiger charge is 2.72. The first-order valence-electron chi connectivity index (χ1n) is 15.2. The van der Waals surface area contributed by atoms with Gasteiger partial charge in [-0.15, -0.1) is 0 Å². The fraction of sp³-hybridized carbons (Fsp3) is 0.938. The van der Waals surface area contributed by atoms with Gasteiger partial charge in [0.15, 0.2) is 0 Å². The Hall–Kier alpha value is -1.10. The number of aliphatic hydroxyl groups is 1. The van der Waals surface area contributed by atoms with Crippen molar-refractivity contribution in [2.45, 2.75) is 125 Å². The van der Waals surface area contributed by atoms with Gasteiger partial charge < -0.3 is 14.9 Å². The molecule has 0 aromatic heterocycles. The minimum absolute atomic E-state index is 0.0531. The van der Waals surface area contributed by atoms with Gasteiger partial charge in [0.1, 0.15) is 0 Å². The molecular weight excluding hydrogens is 464 g/mol. The molecule has 5 nitrogen and oxygen atoms in total. The average Bonchev–Trinajstić information content (AvgIpc) is 3.18. The lowest BCUT2D eigenvalue weighted by molar-refractivity contribution is -0.253. The minimum Gasteiger partial charge on any atom is -0.481 e. The number of hydrogen-bond acceptors (Lipinski definition) is 4. The maximum Gasteiger partial charge on any atom is 0.309 e. The van der Waals surface area contributed by atoms with E-state index in [0.717, 1.165) is 70.6 Å². The molecule has 0 amide bonds. The molecule has 0 spiro atoms. The summed E-state index contributed by atoms with van der Waals surface area (Å²) in [5.41, 5.74) is -1.11. The summed E-state index contributed by atoms with van der Waals surface area (Å²) in [5, 5.41) is 21.5. The van der Waals surface area contributed by atoms with Gasteiger partial charge in [0.25, 0.3) is 0 Å². The molecule has 37 heavy (non-hydrogen) atoms. The van der Waals surface area contributed by atoms with Crippen molar-refractivity contribution >= 4 is 11.9 Å². The Morgan fingerprint density at radius 3 is 2.08 bits per heavy atom. The van der Waals surface area contributed by atoms with Crippen LogP contribution in [0.5, 0.6) is 0 Å². The van der Waals surface area contributed by atoms with Gasteiger partial charge in [-0.1, -0.05) is 27.2 Å². The van der Waals surface area contributed by atoms with E-state index in [9.17, 15) is 19.8 Å². The first-order valence-corrected chi connectivity index (χ1v) is 15.2. The summed E-state index contributed by atoms with van der Waals surface area (Å²) >= 11 is 0. The predicted octanol–water partition coefficient (Wildman–Crippen LogP) is 6.86. The lowest BCUT2D eigenvalue weighted by atomic mass is 9.31. The molecule has 5 heteroatoms. The van der Waals surface area contributed by atoms with Crippen LogP contribution in [0.1, 0.15) is 119 Å². The fourth-order valence-electron chi connectivity index (χ4n) is 12.3. The molecule has 2 N–H and O–H groups in total. The summed E-state index contributed by atoms with van der Waals surface area (Å²) in [7, 11) is 0. The van der Waals surface area contributed by atoms with Gasteiger partial charge in [0.05, 0.1) is 17.6 Å². The number of aliphatic carboxylic acids is 1. The van der Waals surface area contributed by atoms with E-state index in [1.807, 2.05) is 20.8 Å². The van der Waals surface area contributed by atoms with Gasteiger partial charge in [-0.25, -0.2) is 0 Å². The van der Waals surface area contributed by atoms with E-state index in [2.05, 4.69) is 20.8 Å². The van der Waals surface area contributed by atoms with E-state index in [4.69, 9.17) is 4.74 Å². The van der Waals surface area contributed by atoms with Crippen molar-refractivity contribution < 1.29 is 24.5 Å². The van der Waals surface area contributed by atoms with Crippen LogP contribution < -0.4 is 0 Å². The first-order chi connectivity index (χ1) is 17.1. The normalized spacial score (nSPS) is 51.3. The first kappa shape index (κ1) is 27.5. The van der Waals surface area contributed by atoms with Gasteiger partial charge in [-0.05, 0) is 131 Å². The van der Waals surface area contributed by atoms with Crippen molar-refractivity contribution in [3.05, 3.63) is 0 Å². The highest BCUT2D eigenvalue weighted by molar-refractivity contribution is 5.75. The third kappa shape index (κ3) is 3.57. The van der Waals surface area contributed by atoms with Crippen LogP contribution in [0.4, 0.5) is 0 Å². The molecular formula is C32H52O5. The molecule has 10 atom stereocenters. The van der Waals surface area contributed by atoms with Gasteiger partial charge in [-0.3, -0.25) is 9.59 Å². The maximum absolute atomic E-state index is 12.5. The smallest absolute Gasteiger partial charge is 0.309 e. The van der Waals surface area contributed by atoms with E-state index < -0.39 is 17.0 Å². The molecule has 5 fully saturated rings. The Balaban J connectivity index is 1.55. The van der Waals surface area contributed by atoms with Crippen LogP contribution in [0.2, 0.25) is 0 Å². The number of carbonyl (C=O) groups is 2. The number of ether oxygens (including phenoxy) is 1. The van der Waals surface area contributed by atoms with Crippen molar-refractivity contribution in [2.24, 2.45) is 56.7 Å². The third-order valence-corrected chi connectivity index (χ3v) is 14.1. The van der Waals surface area contributed by atoms with E-state index >= 15 is 0 Å². The number of carboxylic acid groups (broad SMARTS) is 1. The molecule has 0 aliphatic heterocycles. The molecule has 5 aliphatic rings. The fourth-order valence-corrected chi connectivity index (χ4v) is 12.3. The Bertz CT molecular complexity index is 953. The summed E-state index contributed by atoms with van der Waals surface area (Å²) in [6.45, 7) is 15.5. The van der Waals surface area contributed by atoms with Crippen molar-refractivity contribution in [3.8, 4) is 0 Å². The molecule has 0 saturated heterocycles. The van der Waals surface area contributed by atoms with Gasteiger partial charge in [-0.2, -0.15) is 0 Å². The second-order valence-corrected chi connectivity index (χ2v) is 15.6. The highest BCUT2D eigenvalue weighted by Crippen LogP contribution is 2.78. The predicted molar refractivity (Wildman–Crippen MR) is 144 cm³/mol. The van der Waals surface area contributed by atoms with Crippen LogP contribution in [0.3, 0.4) is 0 Å². The summed E-state index contributed by atoms with van der Waals surface area (Å²) in [6, 6.07) is 0. The van der Waals surface area contributed by atoms with E-state index in [1.165, 1.54) is 6.92 Å². The largest absolute Gasteiger partial charge is 0.481 e. The molecule has 0 aromatic carbocycles. The summed E-state index contributed by atoms with van der Waals surface area (Å²) in [4.78, 5) is 24.6. The second kappa shape index (κ2) is 8.45. The Labute approximate surface area is 224 Å². The Morgan fingerprint density at radius 2 is 1.46 bits per heavy atom. The quantitative estimate of drug-likeness (QED) is 0.399. The van der Waals surface area contributed by atoms with Gasteiger partial charge in [0, 0.05) is 12.3 Å². The molecule has 0 radical (unpaired) electrons. The second-order valence-electron chi connectivity index (χ2n) is 15.6. The zero-order valence-corrected chi connectivity index (χ0v) is 24.5. The number of esters is 1. The lowest BCUT2D eigenvalue weighted by Gasteiger charge is -2.73. The SMILES string of the molecule is CC(=O)OC[C@]12CC[C@H](C(C)(C)O)[C@@H]1CC[C@]1(C)[C@@H]2CC[C@@H]2[C@@]3(C)CCC[C@@](C)(C(=O)O)[C@@H]3CC[C@]21C. The highest BCUT2D eigenvalue weighted by atomic mass is 16.5. The zero-order chi connectivity index (χ0) is 27.2. The van der Waals surface area contributed by atoms with Crippen molar-refractivity contribution in [1.82, 2.24) is 0 Å². The van der Waals surface area contributed by atoms with Crippen LogP contribution in [-0.2, 0) is 14.3 Å². The molecule has 0 aromatic rings. The van der Waals surface area contributed by atoms with Crippen molar-refractivity contribution in [2.75, 3.05) is 6.61 Å². The van der Waals surface area contributed by atoms with E-state index in [0.29, 0.717) is 24.4 Å². The van der Waals surface area contributed by atoms with Gasteiger partial charge in [0.2, 0.25) is 0 Å². The number of carbonyl (C=O) groups excluding carboxylic acids is 1. The molecule has 210 valence electrons. The number of fused-ring (bicyclic) bond motifs is 7. The van der Waals surface area contributed by atoms with E-state index in [1.54, 1.807) is 0 Å². The number of hydrogen-bond donors (Lipinski definition) is 2. The van der Waals surface area contributed by atoms with Crippen LogP contribution >= 0.6 is 0 Å². The zero-order valence-electron chi connectivity index (χ0n) is 24.5. The van der Waals surface area contributed by atoms with Crippen LogP contribution in [0, 0.1) is 56.7 Å². The molecule has 0 bridgehead atoms. The number of carboxylic acids is 1. The molecule has 5 saturated carbocycles. The molecule has 0 unspecified atom stereocenters. The molecule has 5 rings (SSSR count). The van der Waals surface area contributed by atoms with Crippen LogP contribution in [-0.4, -0.2) is 34.4 Å². The minimum atomic E-state index is -0.730. The third-order valence-electron chi connectivity index (χ3n) is 14.1. The van der Waals surface area contributed by atoms with Crippen LogP contribution in [0.25, 0.3) is 0 Å². The standard InChI is InChI=1S/C32H52O5/c1-20(33)37-19-32-18-12-21(27(2,3)36)22(32)11-16-31(7)25(32)10-9-24-28(4)14-8-15-29(5,26(34)35)23(28)13-17-30(24,31)6/h21-25,36H,8-19H2,1-7H3,(H,34,35)/t21-,22-,23+,24+,25-,28-,29+,30+,31+,32+/m0/s1. The molecule has 0 heterocycles. The monoisotopic (exact) mass is 516 g/mol. The maximum atomic E-state index is 12.5. The molecule has 5 aliphatic carbocycles. The Kier molecular flexibility index (Phi) is 6.27. The van der Waals surface area contributed by atoms with Crippen LogP contribution in [0.15, 0.2) is 0 Å². The lowest BCUT2D eigenvalue weighted by Crippen LogP contribution is -2.67. The van der Waals surface area contributed by atoms with Crippen molar-refractivity contribution in [3.63, 3.8) is 0 Å².